The monoisotopic (exact) mass is 354 g/mol. The van der Waals surface area contributed by atoms with Gasteiger partial charge in [-0.05, 0) is 29.8 Å². The molecule has 0 aliphatic heterocycles. The molecule has 7 nitrogen and oxygen atoms in total. The fourth-order valence-electron chi connectivity index (χ4n) is 2.29. The normalized spacial score (nSPS) is 11.0. The van der Waals surface area contributed by atoms with Crippen LogP contribution < -0.4 is 16.7 Å². The summed E-state index contributed by atoms with van der Waals surface area (Å²) in [6, 6.07) is 14.5. The quantitative estimate of drug-likeness (QED) is 0.481. The molecule has 1 heterocycles. The van der Waals surface area contributed by atoms with Crippen molar-refractivity contribution in [2.45, 2.75) is 6.54 Å². The maximum Gasteiger partial charge on any atom is 0.331 e. The highest BCUT2D eigenvalue weighted by Crippen LogP contribution is 2.12. The van der Waals surface area contributed by atoms with Crippen LogP contribution in [0, 0.1) is 5.82 Å². The number of nitrogens with one attached hydrogen (secondary N) is 2. The number of aromatic hydroxyl groups is 1. The molecule has 0 radical (unpaired) electrons. The lowest BCUT2D eigenvalue weighted by atomic mass is 10.2. The summed E-state index contributed by atoms with van der Waals surface area (Å²) < 4.78 is 14.0. The molecule has 0 saturated heterocycles. The molecule has 0 aliphatic rings. The lowest BCUT2D eigenvalue weighted by Gasteiger charge is -2.09. The number of aromatic amines is 1. The highest BCUT2D eigenvalue weighted by Gasteiger charge is 2.13. The number of rotatable bonds is 5. The molecule has 1 aromatic heterocycles. The molecule has 3 N–H and O–H groups in total. The summed E-state index contributed by atoms with van der Waals surface area (Å²) in [5.74, 6) is -0.937. The smallest absolute Gasteiger partial charge is 0.331 e. The van der Waals surface area contributed by atoms with Crippen LogP contribution in [-0.2, 0) is 6.54 Å². The number of benzene rings is 2. The number of hydrazone groups is 1. The van der Waals surface area contributed by atoms with Crippen LogP contribution in [-0.4, -0.2) is 20.9 Å². The van der Waals surface area contributed by atoms with E-state index in [9.17, 15) is 19.1 Å². The minimum Gasteiger partial charge on any atom is -0.494 e. The summed E-state index contributed by atoms with van der Waals surface area (Å²) in [5, 5.41) is 14.2. The summed E-state index contributed by atoms with van der Waals surface area (Å²) in [6.45, 7) is -0.0331. The van der Waals surface area contributed by atoms with Gasteiger partial charge in [0.1, 0.15) is 11.4 Å². The van der Waals surface area contributed by atoms with Crippen LogP contribution in [0.1, 0.15) is 11.1 Å². The van der Waals surface area contributed by atoms with E-state index in [1.165, 1.54) is 24.3 Å². The Labute approximate surface area is 147 Å². The molecule has 3 aromatic rings. The van der Waals surface area contributed by atoms with E-state index in [-0.39, 0.29) is 12.1 Å². The lowest BCUT2D eigenvalue weighted by Crippen LogP contribution is -2.32. The first-order valence-electron chi connectivity index (χ1n) is 7.69. The van der Waals surface area contributed by atoms with Crippen molar-refractivity contribution in [1.82, 2.24) is 9.55 Å². The third-order valence-electron chi connectivity index (χ3n) is 3.62. The molecule has 0 bridgehead atoms. The number of anilines is 1. The first kappa shape index (κ1) is 17.2. The van der Waals surface area contributed by atoms with Crippen molar-refractivity contribution >= 4 is 11.9 Å². The Morgan fingerprint density at radius 3 is 2.50 bits per heavy atom. The molecule has 0 atom stereocenters. The van der Waals surface area contributed by atoms with Gasteiger partial charge in [-0.15, -0.1) is 0 Å². The van der Waals surface area contributed by atoms with Crippen LogP contribution >= 0.6 is 0 Å². The number of hydrogen-bond acceptors (Lipinski definition) is 5. The molecule has 0 saturated carbocycles. The summed E-state index contributed by atoms with van der Waals surface area (Å²) >= 11 is 0. The van der Waals surface area contributed by atoms with Crippen molar-refractivity contribution in [1.29, 1.82) is 0 Å². The predicted octanol–water partition coefficient (Wildman–Crippen LogP) is 1.88. The Kier molecular flexibility index (Phi) is 4.93. The minimum absolute atomic E-state index is 0.0331. The summed E-state index contributed by atoms with van der Waals surface area (Å²) in [7, 11) is 0. The number of H-pyrrole nitrogens is 1. The molecular weight excluding hydrogens is 339 g/mol. The number of para-hydroxylation sites is 1. The van der Waals surface area contributed by atoms with Gasteiger partial charge >= 0.3 is 5.69 Å². The SMILES string of the molecule is O=c1[nH]c(=O)n(Cc2ccc(F)cc2)c(O)c1C=NNc1ccccc1. The Morgan fingerprint density at radius 2 is 1.81 bits per heavy atom. The third kappa shape index (κ3) is 3.86. The van der Waals surface area contributed by atoms with E-state index in [4.69, 9.17) is 0 Å². The predicted molar refractivity (Wildman–Crippen MR) is 96.1 cm³/mol. The van der Waals surface area contributed by atoms with Crippen molar-refractivity contribution in [2.24, 2.45) is 5.10 Å². The summed E-state index contributed by atoms with van der Waals surface area (Å²) in [6.07, 6.45) is 1.13. The zero-order valence-electron chi connectivity index (χ0n) is 13.5. The highest BCUT2D eigenvalue weighted by molar-refractivity contribution is 5.82. The van der Waals surface area contributed by atoms with Crippen LogP contribution in [0.15, 0.2) is 69.3 Å². The van der Waals surface area contributed by atoms with Crippen molar-refractivity contribution in [3.8, 4) is 5.88 Å². The van der Waals surface area contributed by atoms with Gasteiger partial charge in [-0.3, -0.25) is 19.8 Å². The molecule has 0 unspecified atom stereocenters. The lowest BCUT2D eigenvalue weighted by molar-refractivity contribution is 0.408. The third-order valence-corrected chi connectivity index (χ3v) is 3.62. The zero-order chi connectivity index (χ0) is 18.5. The number of halogens is 1. The fraction of sp³-hybridized carbons (Fsp3) is 0.0556. The standard InChI is InChI=1S/C18H15FN4O3/c19-13-8-6-12(7-9-13)11-23-17(25)15(16(24)21-18(23)26)10-20-22-14-4-2-1-3-5-14/h1-10,22,25H,11H2,(H,21,24,26). The van der Waals surface area contributed by atoms with Gasteiger partial charge in [-0.2, -0.15) is 5.10 Å². The number of hydrogen-bond donors (Lipinski definition) is 3. The van der Waals surface area contributed by atoms with Crippen LogP contribution in [0.2, 0.25) is 0 Å². The van der Waals surface area contributed by atoms with Gasteiger partial charge in [0.2, 0.25) is 5.88 Å². The van der Waals surface area contributed by atoms with E-state index in [0.717, 1.165) is 10.8 Å². The van der Waals surface area contributed by atoms with E-state index in [0.29, 0.717) is 11.3 Å². The van der Waals surface area contributed by atoms with Crippen LogP contribution in [0.3, 0.4) is 0 Å². The van der Waals surface area contributed by atoms with Gasteiger partial charge in [-0.25, -0.2) is 9.18 Å². The first-order chi connectivity index (χ1) is 12.5. The van der Waals surface area contributed by atoms with Gasteiger partial charge in [-0.1, -0.05) is 30.3 Å². The average molecular weight is 354 g/mol. The van der Waals surface area contributed by atoms with Gasteiger partial charge in [0.25, 0.3) is 5.56 Å². The van der Waals surface area contributed by atoms with Crippen LogP contribution in [0.4, 0.5) is 10.1 Å². The van der Waals surface area contributed by atoms with Crippen LogP contribution in [0.25, 0.3) is 0 Å². The molecule has 3 rings (SSSR count). The van der Waals surface area contributed by atoms with Crippen molar-refractivity contribution < 1.29 is 9.50 Å². The molecule has 132 valence electrons. The van der Waals surface area contributed by atoms with E-state index in [1.54, 1.807) is 12.1 Å². The Bertz CT molecular complexity index is 1040. The van der Waals surface area contributed by atoms with E-state index in [1.807, 2.05) is 18.2 Å². The van der Waals surface area contributed by atoms with Gasteiger partial charge in [0, 0.05) is 0 Å². The zero-order valence-corrected chi connectivity index (χ0v) is 13.5. The Hall–Kier alpha value is -3.68. The highest BCUT2D eigenvalue weighted by atomic mass is 19.1. The van der Waals surface area contributed by atoms with Crippen molar-refractivity contribution in [2.75, 3.05) is 5.43 Å². The second-order valence-electron chi connectivity index (χ2n) is 5.45. The molecular formula is C18H15FN4O3. The molecule has 0 amide bonds. The second-order valence-corrected chi connectivity index (χ2v) is 5.45. The van der Waals surface area contributed by atoms with Crippen LogP contribution in [0.5, 0.6) is 5.88 Å². The number of nitrogens with zero attached hydrogens (tertiary/aromatic N) is 2. The van der Waals surface area contributed by atoms with Crippen molar-refractivity contribution in [3.05, 3.63) is 92.4 Å². The summed E-state index contributed by atoms with van der Waals surface area (Å²) in [4.78, 5) is 26.1. The van der Waals surface area contributed by atoms with Gasteiger partial charge < -0.3 is 5.11 Å². The Balaban J connectivity index is 1.90. The largest absolute Gasteiger partial charge is 0.494 e. The Morgan fingerprint density at radius 1 is 1.12 bits per heavy atom. The molecule has 26 heavy (non-hydrogen) atoms. The number of aromatic nitrogens is 2. The van der Waals surface area contributed by atoms with Crippen molar-refractivity contribution in [3.63, 3.8) is 0 Å². The molecule has 8 heteroatoms. The maximum absolute atomic E-state index is 13.0. The maximum atomic E-state index is 13.0. The first-order valence-corrected chi connectivity index (χ1v) is 7.69. The summed E-state index contributed by atoms with van der Waals surface area (Å²) in [5.41, 5.74) is 2.29. The topological polar surface area (TPSA) is 99.5 Å². The van der Waals surface area contributed by atoms with Gasteiger partial charge in [0.15, 0.2) is 0 Å². The van der Waals surface area contributed by atoms with E-state index < -0.39 is 22.9 Å². The van der Waals surface area contributed by atoms with Gasteiger partial charge in [0.05, 0.1) is 18.4 Å². The molecule has 2 aromatic carbocycles. The minimum atomic E-state index is -0.773. The second kappa shape index (κ2) is 7.47. The average Bonchev–Trinajstić information content (AvgIpc) is 2.64. The molecule has 0 fully saturated rings. The molecule has 0 spiro atoms. The van der Waals surface area contributed by atoms with E-state index in [2.05, 4.69) is 15.5 Å². The fourth-order valence-corrected chi connectivity index (χ4v) is 2.29. The van der Waals surface area contributed by atoms with E-state index >= 15 is 0 Å². The molecule has 0 aliphatic carbocycles.